The van der Waals surface area contributed by atoms with Crippen LogP contribution < -0.4 is 5.56 Å². The van der Waals surface area contributed by atoms with Gasteiger partial charge in [0.2, 0.25) is 0 Å². The highest BCUT2D eigenvalue weighted by Gasteiger charge is 2.19. The molecule has 0 spiro atoms. The number of H-pyrrole nitrogens is 2. The molecule has 1 heterocycles. The quantitative estimate of drug-likeness (QED) is 0.639. The minimum atomic E-state index is -1.04. The van der Waals surface area contributed by atoms with E-state index in [1.807, 2.05) is 0 Å². The molecule has 0 saturated heterocycles. The first-order valence-corrected chi connectivity index (χ1v) is 4.40. The lowest BCUT2D eigenvalue weighted by Crippen LogP contribution is -2.22. The summed E-state index contributed by atoms with van der Waals surface area (Å²) in [5.74, 6) is -1.88. The van der Waals surface area contributed by atoms with Crippen LogP contribution in [0.5, 0.6) is 0 Å². The summed E-state index contributed by atoms with van der Waals surface area (Å²) in [7, 11) is 0. The predicted octanol–water partition coefficient (Wildman–Crippen LogP) is 0.929. The summed E-state index contributed by atoms with van der Waals surface area (Å²) < 4.78 is 0.203. The fourth-order valence-corrected chi connectivity index (χ4v) is 1.50. The van der Waals surface area contributed by atoms with Gasteiger partial charge >= 0.3 is 5.97 Å². The largest absolute Gasteiger partial charge is 0.481 e. The van der Waals surface area contributed by atoms with Crippen LogP contribution in [0.1, 0.15) is 24.1 Å². The van der Waals surface area contributed by atoms with Crippen molar-refractivity contribution < 1.29 is 9.90 Å². The Bertz CT molecular complexity index is 474. The smallest absolute Gasteiger partial charge is 0.310 e. The number of carboxylic acids is 1. The van der Waals surface area contributed by atoms with E-state index in [1.165, 1.54) is 6.92 Å². The van der Waals surface area contributed by atoms with Crippen LogP contribution in [0.25, 0.3) is 0 Å². The zero-order valence-electron chi connectivity index (χ0n) is 7.75. The Morgan fingerprint density at radius 3 is 2.50 bits per heavy atom. The molecule has 0 saturated carbocycles. The molecule has 0 amide bonds. The molecule has 76 valence electrons. The topological polar surface area (TPSA) is 86.0 Å². The maximum Gasteiger partial charge on any atom is 0.310 e. The molecular formula is C8H10N2O3S. The fourth-order valence-electron chi connectivity index (χ4n) is 1.25. The average molecular weight is 214 g/mol. The Morgan fingerprint density at radius 2 is 2.07 bits per heavy atom. The zero-order valence-corrected chi connectivity index (χ0v) is 8.57. The first-order valence-electron chi connectivity index (χ1n) is 3.99. The van der Waals surface area contributed by atoms with Crippen molar-refractivity contribution >= 4 is 18.2 Å². The van der Waals surface area contributed by atoms with Gasteiger partial charge in [-0.1, -0.05) is 0 Å². The zero-order chi connectivity index (χ0) is 10.9. The van der Waals surface area contributed by atoms with Crippen molar-refractivity contribution in [3.8, 4) is 0 Å². The van der Waals surface area contributed by atoms with E-state index in [1.54, 1.807) is 6.92 Å². The van der Waals surface area contributed by atoms with Crippen LogP contribution >= 0.6 is 12.2 Å². The van der Waals surface area contributed by atoms with E-state index in [4.69, 9.17) is 17.3 Å². The van der Waals surface area contributed by atoms with Crippen molar-refractivity contribution in [3.63, 3.8) is 0 Å². The molecule has 14 heavy (non-hydrogen) atoms. The van der Waals surface area contributed by atoms with E-state index in [2.05, 4.69) is 9.97 Å². The number of aromatic nitrogens is 2. The van der Waals surface area contributed by atoms with Gasteiger partial charge in [-0.3, -0.25) is 14.6 Å². The number of aromatic amines is 2. The third-order valence-electron chi connectivity index (χ3n) is 1.98. The third-order valence-corrected chi connectivity index (χ3v) is 2.18. The number of carbonyl (C=O) groups is 1. The van der Waals surface area contributed by atoms with E-state index >= 15 is 0 Å². The molecule has 0 aromatic carbocycles. The lowest BCUT2D eigenvalue weighted by molar-refractivity contribution is -0.138. The van der Waals surface area contributed by atoms with Crippen LogP contribution in [0.2, 0.25) is 0 Å². The number of rotatable bonds is 2. The molecule has 5 nitrogen and oxygen atoms in total. The second kappa shape index (κ2) is 3.75. The number of nitrogens with one attached hydrogen (secondary N) is 2. The van der Waals surface area contributed by atoms with Crippen molar-refractivity contribution in [2.45, 2.75) is 19.8 Å². The van der Waals surface area contributed by atoms with Crippen molar-refractivity contribution in [1.29, 1.82) is 0 Å². The summed E-state index contributed by atoms with van der Waals surface area (Å²) in [6, 6.07) is 0. The van der Waals surface area contributed by atoms with E-state index in [9.17, 15) is 9.59 Å². The van der Waals surface area contributed by atoms with Gasteiger partial charge < -0.3 is 10.1 Å². The van der Waals surface area contributed by atoms with Crippen molar-refractivity contribution in [2.24, 2.45) is 0 Å². The first-order chi connectivity index (χ1) is 6.43. The normalized spacial score (nSPS) is 12.4. The fraction of sp³-hybridized carbons (Fsp3) is 0.375. The van der Waals surface area contributed by atoms with E-state index in [0.717, 1.165) is 0 Å². The van der Waals surface area contributed by atoms with Crippen molar-refractivity contribution in [1.82, 2.24) is 9.97 Å². The number of aliphatic carboxylic acids is 1. The van der Waals surface area contributed by atoms with Gasteiger partial charge in [0, 0.05) is 5.69 Å². The summed E-state index contributed by atoms with van der Waals surface area (Å²) in [5.41, 5.74) is 0.265. The second-order valence-electron chi connectivity index (χ2n) is 3.01. The molecule has 0 fully saturated rings. The average Bonchev–Trinajstić information content (AvgIpc) is 2.01. The lowest BCUT2D eigenvalue weighted by Gasteiger charge is -2.07. The van der Waals surface area contributed by atoms with Crippen LogP contribution in [0.15, 0.2) is 4.79 Å². The standard InChI is InChI=1S/C8H10N2O3S/c1-3(7(12)13)5-4(2)9-8(14)10-6(5)11/h3H,1-2H3,(H,12,13)(H2,9,10,11,14)/t3-/m1/s1. The second-order valence-corrected chi connectivity index (χ2v) is 3.42. The summed E-state index contributed by atoms with van der Waals surface area (Å²) >= 11 is 4.74. The molecule has 6 heteroatoms. The van der Waals surface area contributed by atoms with Gasteiger partial charge in [0.25, 0.3) is 5.56 Å². The van der Waals surface area contributed by atoms with Crippen LogP contribution in [0.3, 0.4) is 0 Å². The number of aryl methyl sites for hydroxylation is 1. The monoisotopic (exact) mass is 214 g/mol. The Labute approximate surface area is 84.8 Å². The Hall–Kier alpha value is -1.43. The molecular weight excluding hydrogens is 204 g/mol. The highest BCUT2D eigenvalue weighted by atomic mass is 32.1. The van der Waals surface area contributed by atoms with Gasteiger partial charge in [0.15, 0.2) is 4.77 Å². The van der Waals surface area contributed by atoms with Gasteiger partial charge in [0.05, 0.1) is 11.5 Å². The summed E-state index contributed by atoms with van der Waals surface area (Å²) in [6.07, 6.45) is 0. The van der Waals surface area contributed by atoms with Crippen LogP contribution in [0.4, 0.5) is 0 Å². The lowest BCUT2D eigenvalue weighted by atomic mass is 10.0. The molecule has 0 aliphatic heterocycles. The summed E-state index contributed by atoms with van der Waals surface area (Å²) in [4.78, 5) is 27.2. The molecule has 0 bridgehead atoms. The van der Waals surface area contributed by atoms with Gasteiger partial charge in [-0.15, -0.1) is 0 Å². The Kier molecular flexibility index (Phi) is 2.85. The highest BCUT2D eigenvalue weighted by Crippen LogP contribution is 2.12. The molecule has 1 aromatic heterocycles. The minimum absolute atomic E-state index is 0.203. The third kappa shape index (κ3) is 1.90. The Morgan fingerprint density at radius 1 is 1.50 bits per heavy atom. The van der Waals surface area contributed by atoms with E-state index in [-0.39, 0.29) is 10.3 Å². The van der Waals surface area contributed by atoms with Gasteiger partial charge in [-0.25, -0.2) is 0 Å². The van der Waals surface area contributed by atoms with Crippen molar-refractivity contribution in [3.05, 3.63) is 26.4 Å². The number of carboxylic acid groups (broad SMARTS) is 1. The Balaban J connectivity index is 3.42. The first kappa shape index (κ1) is 10.6. The maximum atomic E-state index is 11.4. The summed E-state index contributed by atoms with van der Waals surface area (Å²) in [5, 5.41) is 8.76. The highest BCUT2D eigenvalue weighted by molar-refractivity contribution is 7.71. The molecule has 0 aliphatic rings. The van der Waals surface area contributed by atoms with Crippen LogP contribution in [-0.2, 0) is 4.79 Å². The molecule has 0 unspecified atom stereocenters. The van der Waals surface area contributed by atoms with Gasteiger partial charge in [-0.2, -0.15) is 0 Å². The van der Waals surface area contributed by atoms with E-state index in [0.29, 0.717) is 5.69 Å². The molecule has 0 radical (unpaired) electrons. The van der Waals surface area contributed by atoms with Crippen LogP contribution in [0, 0.1) is 11.7 Å². The molecule has 3 N–H and O–H groups in total. The molecule has 1 atom stereocenters. The molecule has 0 aliphatic carbocycles. The summed E-state index contributed by atoms with van der Waals surface area (Å²) in [6.45, 7) is 3.08. The molecule has 1 rings (SSSR count). The van der Waals surface area contributed by atoms with Gasteiger partial charge in [0.1, 0.15) is 0 Å². The minimum Gasteiger partial charge on any atom is -0.481 e. The molecule has 1 aromatic rings. The van der Waals surface area contributed by atoms with Crippen LogP contribution in [-0.4, -0.2) is 21.0 Å². The SMILES string of the molecule is Cc1[nH]c(=S)[nH]c(=O)c1[C@@H](C)C(=O)O. The maximum absolute atomic E-state index is 11.4. The number of hydrogen-bond donors (Lipinski definition) is 3. The van der Waals surface area contributed by atoms with Crippen molar-refractivity contribution in [2.75, 3.05) is 0 Å². The number of hydrogen-bond acceptors (Lipinski definition) is 3. The van der Waals surface area contributed by atoms with Gasteiger partial charge in [-0.05, 0) is 26.1 Å². The predicted molar refractivity (Wildman–Crippen MR) is 53.0 cm³/mol. The van der Waals surface area contributed by atoms with E-state index < -0.39 is 17.4 Å².